The maximum absolute atomic E-state index is 12.7. The van der Waals surface area contributed by atoms with E-state index in [9.17, 15) is 14.4 Å². The number of carbonyl (C=O) groups excluding carboxylic acids is 3. The van der Waals surface area contributed by atoms with E-state index in [-0.39, 0.29) is 24.8 Å². The van der Waals surface area contributed by atoms with Gasteiger partial charge in [0.25, 0.3) is 11.8 Å². The smallest absolute Gasteiger partial charge is 0.257 e. The van der Waals surface area contributed by atoms with E-state index < -0.39 is 11.9 Å². The van der Waals surface area contributed by atoms with Crippen LogP contribution < -0.4 is 21.1 Å². The number of hydrogen-bond donors (Lipinski definition) is 3. The topological polar surface area (TPSA) is 90.5 Å². The van der Waals surface area contributed by atoms with Gasteiger partial charge >= 0.3 is 0 Å². The maximum Gasteiger partial charge on any atom is 0.257 e. The van der Waals surface area contributed by atoms with E-state index in [0.29, 0.717) is 5.56 Å². The number of nitrogens with zero attached hydrogens (tertiary/aromatic N) is 1. The van der Waals surface area contributed by atoms with E-state index in [2.05, 4.69) is 22.2 Å². The number of nitrogens with one attached hydrogen (secondary N) is 3. The summed E-state index contributed by atoms with van der Waals surface area (Å²) in [5.41, 5.74) is 8.60. The molecule has 1 aliphatic rings. The van der Waals surface area contributed by atoms with Gasteiger partial charge in [0.2, 0.25) is 5.91 Å². The van der Waals surface area contributed by atoms with Crippen molar-refractivity contribution >= 4 is 23.4 Å². The van der Waals surface area contributed by atoms with Crippen molar-refractivity contribution in [2.24, 2.45) is 0 Å². The van der Waals surface area contributed by atoms with Crippen molar-refractivity contribution in [3.63, 3.8) is 0 Å². The highest BCUT2D eigenvalue weighted by Gasteiger charge is 2.21. The number of hydrazine groups is 1. The first kappa shape index (κ1) is 23.0. The zero-order valence-corrected chi connectivity index (χ0v) is 18.9. The Morgan fingerprint density at radius 2 is 1.44 bits per heavy atom. The van der Waals surface area contributed by atoms with Crippen LogP contribution in [0.3, 0.4) is 0 Å². The molecule has 3 aromatic rings. The van der Waals surface area contributed by atoms with Crippen LogP contribution in [0.25, 0.3) is 0 Å². The Balaban J connectivity index is 1.34. The Morgan fingerprint density at radius 3 is 2.21 bits per heavy atom. The van der Waals surface area contributed by atoms with Gasteiger partial charge in [0.15, 0.2) is 0 Å². The van der Waals surface area contributed by atoms with Crippen LogP contribution in [0, 0.1) is 0 Å². The fraction of sp³-hybridized carbons (Fsp3) is 0.222. The number of benzene rings is 3. The Hall–Kier alpha value is -4.13. The van der Waals surface area contributed by atoms with Gasteiger partial charge in [-0.3, -0.25) is 25.2 Å². The molecule has 7 nitrogen and oxygen atoms in total. The van der Waals surface area contributed by atoms with Crippen LogP contribution in [0.15, 0.2) is 84.9 Å². The first-order valence-corrected chi connectivity index (χ1v) is 11.4. The van der Waals surface area contributed by atoms with E-state index in [1.54, 1.807) is 24.3 Å². The normalized spacial score (nSPS) is 13.4. The molecule has 1 unspecified atom stereocenters. The van der Waals surface area contributed by atoms with Gasteiger partial charge in [-0.05, 0) is 42.2 Å². The largest absolute Gasteiger partial charge is 0.362 e. The minimum atomic E-state index is -0.542. The molecule has 3 aromatic carbocycles. The molecule has 4 rings (SSSR count). The highest BCUT2D eigenvalue weighted by atomic mass is 16.2. The predicted molar refractivity (Wildman–Crippen MR) is 131 cm³/mol. The second-order valence-corrected chi connectivity index (χ2v) is 8.26. The highest BCUT2D eigenvalue weighted by Crippen LogP contribution is 2.26. The van der Waals surface area contributed by atoms with E-state index in [4.69, 9.17) is 0 Å². The van der Waals surface area contributed by atoms with Gasteiger partial charge in [-0.25, -0.2) is 0 Å². The fourth-order valence-electron chi connectivity index (χ4n) is 4.13. The van der Waals surface area contributed by atoms with Crippen molar-refractivity contribution in [3.05, 3.63) is 102 Å². The molecule has 0 spiro atoms. The SMILES string of the molecule is O=C(CC(NC(=O)c1ccccc1)c1ccccc1)NNC(=O)CN1CCCc2ccccc21. The predicted octanol–water partition coefficient (Wildman–Crippen LogP) is 3.15. The number of anilines is 1. The molecule has 0 aromatic heterocycles. The van der Waals surface area contributed by atoms with Crippen molar-refractivity contribution in [3.8, 4) is 0 Å². The summed E-state index contributed by atoms with van der Waals surface area (Å²) in [6.45, 7) is 0.949. The second-order valence-electron chi connectivity index (χ2n) is 8.26. The Labute approximate surface area is 199 Å². The van der Waals surface area contributed by atoms with E-state index in [1.165, 1.54) is 5.56 Å². The molecule has 0 saturated heterocycles. The summed E-state index contributed by atoms with van der Waals surface area (Å²) in [5.74, 6) is -0.959. The average Bonchev–Trinajstić information content (AvgIpc) is 2.88. The number of carbonyl (C=O) groups is 3. The van der Waals surface area contributed by atoms with Crippen LogP contribution in [0.5, 0.6) is 0 Å². The third-order valence-corrected chi connectivity index (χ3v) is 5.82. The minimum Gasteiger partial charge on any atom is -0.362 e. The number of rotatable bonds is 7. The van der Waals surface area contributed by atoms with Gasteiger partial charge < -0.3 is 10.2 Å². The third-order valence-electron chi connectivity index (χ3n) is 5.82. The molecule has 0 fully saturated rings. The molecule has 1 atom stereocenters. The Kier molecular flexibility index (Phi) is 7.55. The molecule has 34 heavy (non-hydrogen) atoms. The van der Waals surface area contributed by atoms with Crippen LogP contribution in [-0.2, 0) is 16.0 Å². The lowest BCUT2D eigenvalue weighted by molar-refractivity contribution is -0.128. The summed E-state index contributed by atoms with van der Waals surface area (Å²) >= 11 is 0. The second kappa shape index (κ2) is 11.1. The van der Waals surface area contributed by atoms with E-state index in [0.717, 1.165) is 30.6 Å². The molecule has 3 N–H and O–H groups in total. The zero-order valence-electron chi connectivity index (χ0n) is 18.9. The molecule has 3 amide bonds. The maximum atomic E-state index is 12.7. The first-order chi connectivity index (χ1) is 16.6. The van der Waals surface area contributed by atoms with Crippen molar-refractivity contribution in [2.45, 2.75) is 25.3 Å². The van der Waals surface area contributed by atoms with E-state index in [1.807, 2.05) is 59.5 Å². The van der Waals surface area contributed by atoms with Crippen LogP contribution in [0.2, 0.25) is 0 Å². The third kappa shape index (κ3) is 6.01. The molecular weight excluding hydrogens is 428 g/mol. The molecule has 0 radical (unpaired) electrons. The summed E-state index contributed by atoms with van der Waals surface area (Å²) in [4.78, 5) is 39.9. The van der Waals surface area contributed by atoms with Crippen molar-refractivity contribution in [1.82, 2.24) is 16.2 Å². The van der Waals surface area contributed by atoms with Gasteiger partial charge in [-0.15, -0.1) is 0 Å². The lowest BCUT2D eigenvalue weighted by Crippen LogP contribution is -2.48. The summed E-state index contributed by atoms with van der Waals surface area (Å²) in [6, 6.07) is 25.7. The summed E-state index contributed by atoms with van der Waals surface area (Å²) in [6.07, 6.45) is 1.96. The van der Waals surface area contributed by atoms with Gasteiger partial charge in [-0.2, -0.15) is 0 Å². The van der Waals surface area contributed by atoms with Gasteiger partial charge in [0.05, 0.1) is 19.0 Å². The van der Waals surface area contributed by atoms with E-state index >= 15 is 0 Å². The first-order valence-electron chi connectivity index (χ1n) is 11.4. The number of para-hydroxylation sites is 1. The van der Waals surface area contributed by atoms with Crippen LogP contribution in [0.1, 0.15) is 40.4 Å². The summed E-state index contributed by atoms with van der Waals surface area (Å²) in [5, 5.41) is 2.92. The monoisotopic (exact) mass is 456 g/mol. The van der Waals surface area contributed by atoms with Crippen LogP contribution in [-0.4, -0.2) is 30.8 Å². The number of aryl methyl sites for hydroxylation is 1. The minimum absolute atomic E-state index is 0.0184. The standard InChI is InChI=1S/C27H28N4O3/c32-25(29-30-26(33)19-31-17-9-15-21-12-7-8-16-24(21)31)18-23(20-10-3-1-4-11-20)28-27(34)22-13-5-2-6-14-22/h1-8,10-14,16,23H,9,15,17-19H2,(H,28,34)(H,29,32)(H,30,33). The van der Waals surface area contributed by atoms with Gasteiger partial charge in [-0.1, -0.05) is 66.7 Å². The molecular formula is C27H28N4O3. The number of fused-ring (bicyclic) bond motifs is 1. The Bertz CT molecular complexity index is 1130. The van der Waals surface area contributed by atoms with Crippen LogP contribution >= 0.6 is 0 Å². The number of amides is 3. The molecule has 174 valence electrons. The molecule has 7 heteroatoms. The van der Waals surface area contributed by atoms with Crippen LogP contribution in [0.4, 0.5) is 5.69 Å². The Morgan fingerprint density at radius 1 is 0.794 bits per heavy atom. The molecule has 0 saturated carbocycles. The quantitative estimate of drug-likeness (QED) is 0.477. The van der Waals surface area contributed by atoms with Crippen molar-refractivity contribution < 1.29 is 14.4 Å². The van der Waals surface area contributed by atoms with Crippen molar-refractivity contribution in [2.75, 3.05) is 18.0 Å². The zero-order chi connectivity index (χ0) is 23.8. The van der Waals surface area contributed by atoms with Gasteiger partial charge in [0, 0.05) is 17.8 Å². The molecule has 1 aliphatic heterocycles. The molecule has 0 aliphatic carbocycles. The lowest BCUT2D eigenvalue weighted by Gasteiger charge is -2.30. The summed E-state index contributed by atoms with van der Waals surface area (Å²) < 4.78 is 0. The van der Waals surface area contributed by atoms with Gasteiger partial charge in [0.1, 0.15) is 0 Å². The molecule has 1 heterocycles. The summed E-state index contributed by atoms with van der Waals surface area (Å²) in [7, 11) is 0. The molecule has 0 bridgehead atoms. The average molecular weight is 457 g/mol. The lowest BCUT2D eigenvalue weighted by atomic mass is 10.0. The fourth-order valence-corrected chi connectivity index (χ4v) is 4.13. The highest BCUT2D eigenvalue weighted by molar-refractivity contribution is 5.94. The van der Waals surface area contributed by atoms with Crippen molar-refractivity contribution in [1.29, 1.82) is 0 Å². The number of hydrogen-bond acceptors (Lipinski definition) is 4.